The van der Waals surface area contributed by atoms with Crippen molar-refractivity contribution in [1.29, 1.82) is 0 Å². The van der Waals surface area contributed by atoms with E-state index in [9.17, 15) is 24.3 Å². The predicted octanol–water partition coefficient (Wildman–Crippen LogP) is -1.04. The van der Waals surface area contributed by atoms with Gasteiger partial charge in [0.15, 0.2) is 5.96 Å². The highest BCUT2D eigenvalue weighted by atomic mass is 16.4. The minimum atomic E-state index is -1.04. The van der Waals surface area contributed by atoms with Crippen molar-refractivity contribution < 1.29 is 24.3 Å². The van der Waals surface area contributed by atoms with Crippen LogP contribution in [0.1, 0.15) is 58.8 Å². The summed E-state index contributed by atoms with van der Waals surface area (Å²) < 4.78 is 0. The molecule has 2 saturated heterocycles. The smallest absolute Gasteiger partial charge is 0.326 e. The second kappa shape index (κ2) is 12.5. The molecule has 0 radical (unpaired) electrons. The van der Waals surface area contributed by atoms with Gasteiger partial charge in [-0.3, -0.25) is 19.4 Å². The third-order valence-electron chi connectivity index (χ3n) is 6.76. The van der Waals surface area contributed by atoms with Crippen molar-refractivity contribution in [2.24, 2.45) is 28.1 Å². The van der Waals surface area contributed by atoms with Crippen molar-refractivity contribution in [3.05, 3.63) is 0 Å². The number of hydrogen-bond acceptors (Lipinski definition) is 6. The van der Waals surface area contributed by atoms with Gasteiger partial charge in [0.1, 0.15) is 18.1 Å². The third kappa shape index (κ3) is 6.81. The molecule has 5 atom stereocenters. The lowest BCUT2D eigenvalue weighted by molar-refractivity contribution is -0.152. The second-order valence-corrected chi connectivity index (χ2v) is 9.14. The van der Waals surface area contributed by atoms with Gasteiger partial charge in [-0.1, -0.05) is 20.3 Å². The van der Waals surface area contributed by atoms with E-state index in [4.69, 9.17) is 17.2 Å². The number of carbonyl (C=O) groups is 4. The molecule has 5 unspecified atom stereocenters. The number of carboxylic acid groups (broad SMARTS) is 1. The van der Waals surface area contributed by atoms with Crippen molar-refractivity contribution in [2.75, 3.05) is 19.6 Å². The third-order valence-corrected chi connectivity index (χ3v) is 6.76. The Hall–Kier alpha value is -2.89. The number of carbonyl (C=O) groups excluding carboxylic acids is 3. The zero-order chi connectivity index (χ0) is 25.4. The van der Waals surface area contributed by atoms with Crippen molar-refractivity contribution >= 4 is 29.7 Å². The standard InChI is InChI=1S/C22H39N7O5/c1-3-13(2)17(23)18(30)27-14(7-4-10-26-22(24)25)19(31)28-11-5-8-15(28)20(32)29-12-6-9-16(29)21(33)34/h13-17H,3-12,23H2,1-2H3,(H,27,30)(H,33,34)(H4,24,25,26). The molecule has 0 saturated carbocycles. The van der Waals surface area contributed by atoms with Crippen LogP contribution in [0.15, 0.2) is 4.99 Å². The number of rotatable bonds is 11. The van der Waals surface area contributed by atoms with Crippen LogP contribution < -0.4 is 22.5 Å². The van der Waals surface area contributed by atoms with Crippen LogP contribution in [0.4, 0.5) is 0 Å². The summed E-state index contributed by atoms with van der Waals surface area (Å²) in [6, 6.07) is -3.27. The minimum absolute atomic E-state index is 0.0606. The lowest BCUT2D eigenvalue weighted by Gasteiger charge is -2.32. The summed E-state index contributed by atoms with van der Waals surface area (Å²) >= 11 is 0. The van der Waals surface area contributed by atoms with Crippen LogP contribution in [0.2, 0.25) is 0 Å². The number of amides is 3. The average Bonchev–Trinajstić information content (AvgIpc) is 3.48. The first kappa shape index (κ1) is 27.4. The van der Waals surface area contributed by atoms with E-state index >= 15 is 0 Å². The van der Waals surface area contributed by atoms with Crippen molar-refractivity contribution in [3.63, 3.8) is 0 Å². The number of aliphatic imine (C=N–C) groups is 1. The van der Waals surface area contributed by atoms with Gasteiger partial charge in [-0.25, -0.2) is 4.79 Å². The van der Waals surface area contributed by atoms with Crippen molar-refractivity contribution in [1.82, 2.24) is 15.1 Å². The Morgan fingerprint density at radius 3 is 2.29 bits per heavy atom. The maximum absolute atomic E-state index is 13.5. The monoisotopic (exact) mass is 481 g/mol. The molecule has 34 heavy (non-hydrogen) atoms. The van der Waals surface area contributed by atoms with E-state index in [1.165, 1.54) is 9.80 Å². The van der Waals surface area contributed by atoms with E-state index in [2.05, 4.69) is 10.3 Å². The molecule has 12 nitrogen and oxygen atoms in total. The summed E-state index contributed by atoms with van der Waals surface area (Å²) in [6.45, 7) is 4.80. The van der Waals surface area contributed by atoms with Gasteiger partial charge in [-0.2, -0.15) is 0 Å². The fourth-order valence-corrected chi connectivity index (χ4v) is 4.51. The number of likely N-dealkylation sites (tertiary alicyclic amines) is 2. The molecule has 0 bridgehead atoms. The first-order valence-electron chi connectivity index (χ1n) is 12.0. The molecule has 0 aromatic rings. The van der Waals surface area contributed by atoms with Crippen LogP contribution in [0.5, 0.6) is 0 Å². The molecule has 0 spiro atoms. The minimum Gasteiger partial charge on any atom is -0.480 e. The largest absolute Gasteiger partial charge is 0.480 e. The lowest BCUT2D eigenvalue weighted by atomic mass is 9.98. The Labute approximate surface area is 200 Å². The molecule has 2 rings (SSSR count). The first-order valence-corrected chi connectivity index (χ1v) is 12.0. The first-order chi connectivity index (χ1) is 16.1. The van der Waals surface area contributed by atoms with Crippen LogP contribution in [0.3, 0.4) is 0 Å². The van der Waals surface area contributed by atoms with Crippen molar-refractivity contribution in [3.8, 4) is 0 Å². The molecule has 2 aliphatic rings. The van der Waals surface area contributed by atoms with Crippen LogP contribution in [0.25, 0.3) is 0 Å². The highest BCUT2D eigenvalue weighted by molar-refractivity contribution is 5.94. The number of nitrogens with two attached hydrogens (primary N) is 3. The molecule has 2 fully saturated rings. The molecule has 8 N–H and O–H groups in total. The number of nitrogens with zero attached hydrogens (tertiary/aromatic N) is 3. The quantitative estimate of drug-likeness (QED) is 0.140. The van der Waals surface area contributed by atoms with Gasteiger partial charge in [0, 0.05) is 19.6 Å². The number of guanidine groups is 1. The molecule has 0 aromatic carbocycles. The maximum atomic E-state index is 13.5. The summed E-state index contributed by atoms with van der Waals surface area (Å²) in [4.78, 5) is 57.8. The van der Waals surface area contributed by atoms with Gasteiger partial charge in [0.25, 0.3) is 0 Å². The highest BCUT2D eigenvalue weighted by Gasteiger charge is 2.43. The molecule has 2 aliphatic heterocycles. The fourth-order valence-electron chi connectivity index (χ4n) is 4.51. The number of nitrogens with one attached hydrogen (secondary N) is 1. The Bertz CT molecular complexity index is 786. The van der Waals surface area contributed by atoms with Crippen LogP contribution in [-0.4, -0.2) is 88.4 Å². The highest BCUT2D eigenvalue weighted by Crippen LogP contribution is 2.26. The molecule has 192 valence electrons. The van der Waals surface area contributed by atoms with Gasteiger partial charge in [-0.05, 0) is 44.4 Å². The Balaban J connectivity index is 2.16. The zero-order valence-corrected chi connectivity index (χ0v) is 20.1. The van der Waals surface area contributed by atoms with E-state index < -0.39 is 36.0 Å². The van der Waals surface area contributed by atoms with E-state index in [1.807, 2.05) is 13.8 Å². The van der Waals surface area contributed by atoms with Crippen LogP contribution >= 0.6 is 0 Å². The molecule has 0 aliphatic carbocycles. The molecule has 3 amide bonds. The summed E-state index contributed by atoms with van der Waals surface area (Å²) in [5, 5.41) is 12.2. The van der Waals surface area contributed by atoms with Gasteiger partial charge >= 0.3 is 5.97 Å². The average molecular weight is 482 g/mol. The van der Waals surface area contributed by atoms with Crippen LogP contribution in [-0.2, 0) is 19.2 Å². The van der Waals surface area contributed by atoms with E-state index in [1.54, 1.807) is 0 Å². The molecular formula is C22H39N7O5. The van der Waals surface area contributed by atoms with Gasteiger partial charge in [0.2, 0.25) is 17.7 Å². The topological polar surface area (TPSA) is 197 Å². The molecular weight excluding hydrogens is 442 g/mol. The van der Waals surface area contributed by atoms with Gasteiger partial charge in [0.05, 0.1) is 6.04 Å². The normalized spacial score (nSPS) is 22.7. The molecule has 12 heteroatoms. The van der Waals surface area contributed by atoms with Gasteiger partial charge in [-0.15, -0.1) is 0 Å². The summed E-state index contributed by atoms with van der Waals surface area (Å²) in [5.41, 5.74) is 16.8. The lowest BCUT2D eigenvalue weighted by Crippen LogP contribution is -2.57. The van der Waals surface area contributed by atoms with E-state index in [-0.39, 0.29) is 36.7 Å². The Kier molecular flexibility index (Phi) is 10.1. The fraction of sp³-hybridized carbons (Fsp3) is 0.773. The predicted molar refractivity (Wildman–Crippen MR) is 126 cm³/mol. The van der Waals surface area contributed by atoms with E-state index in [0.717, 1.165) is 0 Å². The van der Waals surface area contributed by atoms with Crippen molar-refractivity contribution in [2.45, 2.75) is 83.0 Å². The number of aliphatic carboxylic acids is 1. The maximum Gasteiger partial charge on any atom is 0.326 e. The number of hydrogen-bond donors (Lipinski definition) is 5. The second-order valence-electron chi connectivity index (χ2n) is 9.14. The van der Waals surface area contributed by atoms with Gasteiger partial charge < -0.3 is 37.4 Å². The van der Waals surface area contributed by atoms with E-state index in [0.29, 0.717) is 51.6 Å². The summed E-state index contributed by atoms with van der Waals surface area (Å²) in [7, 11) is 0. The summed E-state index contributed by atoms with van der Waals surface area (Å²) in [5.74, 6) is -2.32. The SMILES string of the molecule is CCC(C)C(N)C(=O)NC(CCCN=C(N)N)C(=O)N1CCCC1C(=O)N1CCCC1C(=O)O. The molecule has 0 aromatic heterocycles. The Morgan fingerprint density at radius 2 is 1.71 bits per heavy atom. The van der Waals surface area contributed by atoms with Crippen LogP contribution in [0, 0.1) is 5.92 Å². The Morgan fingerprint density at radius 1 is 1.09 bits per heavy atom. The summed E-state index contributed by atoms with van der Waals surface area (Å²) in [6.07, 6.45) is 3.50. The molecule has 2 heterocycles. The number of carboxylic acids is 1. The zero-order valence-electron chi connectivity index (χ0n) is 20.1.